The van der Waals surface area contributed by atoms with Crippen molar-refractivity contribution in [3.05, 3.63) is 23.9 Å². The molecule has 2 atom stereocenters. The summed E-state index contributed by atoms with van der Waals surface area (Å²) >= 11 is 0. The zero-order valence-electron chi connectivity index (χ0n) is 11.9. The van der Waals surface area contributed by atoms with Crippen molar-refractivity contribution >= 4 is 30.6 Å². The summed E-state index contributed by atoms with van der Waals surface area (Å²) in [5.41, 5.74) is 0.378. The van der Waals surface area contributed by atoms with Crippen LogP contribution in [0.4, 0.5) is 5.82 Å². The van der Waals surface area contributed by atoms with Gasteiger partial charge in [-0.1, -0.05) is 0 Å². The van der Waals surface area contributed by atoms with Gasteiger partial charge >= 0.3 is 0 Å². The molecule has 0 spiro atoms. The summed E-state index contributed by atoms with van der Waals surface area (Å²) < 4.78 is 0. The Labute approximate surface area is 137 Å². The topological polar surface area (TPSA) is 68.6 Å². The molecule has 1 aromatic heterocycles. The normalized spacial score (nSPS) is 28.1. The van der Waals surface area contributed by atoms with Crippen LogP contribution < -0.4 is 10.2 Å². The van der Waals surface area contributed by atoms with E-state index in [0.29, 0.717) is 0 Å². The third kappa shape index (κ3) is 3.79. The van der Waals surface area contributed by atoms with Crippen molar-refractivity contribution in [2.45, 2.75) is 25.0 Å². The Kier molecular flexibility index (Phi) is 6.69. The van der Waals surface area contributed by atoms with Gasteiger partial charge in [0.15, 0.2) is 0 Å². The summed E-state index contributed by atoms with van der Waals surface area (Å²) in [7, 11) is 0. The molecule has 0 aliphatic carbocycles. The molecule has 0 saturated carbocycles. The summed E-state index contributed by atoms with van der Waals surface area (Å²) in [6.07, 6.45) is 3.38. The maximum atomic E-state index is 10.6. The second kappa shape index (κ2) is 7.61. The van der Waals surface area contributed by atoms with Crippen LogP contribution in [0.15, 0.2) is 18.3 Å². The van der Waals surface area contributed by atoms with Gasteiger partial charge in [0, 0.05) is 31.7 Å². The van der Waals surface area contributed by atoms with Crippen LogP contribution in [0.2, 0.25) is 0 Å². The van der Waals surface area contributed by atoms with Crippen molar-refractivity contribution in [3.63, 3.8) is 0 Å². The van der Waals surface area contributed by atoms with Crippen molar-refractivity contribution in [1.82, 2.24) is 10.3 Å². The number of pyridine rings is 1. The molecule has 3 rings (SSSR count). The molecule has 2 fully saturated rings. The SMILES string of the molecule is Cl.Cl.OCc1ccnc(N2CC[C@@]3(O)CCNC[C@H]3C2)c1. The molecular formula is C14H23Cl2N3O2. The molecular weight excluding hydrogens is 313 g/mol. The minimum atomic E-state index is -0.504. The molecule has 3 heterocycles. The van der Waals surface area contributed by atoms with E-state index in [1.165, 1.54) is 0 Å². The Morgan fingerprint density at radius 3 is 2.95 bits per heavy atom. The number of halogens is 2. The van der Waals surface area contributed by atoms with Crippen molar-refractivity contribution in [3.8, 4) is 0 Å². The number of hydrogen-bond donors (Lipinski definition) is 3. The minimum absolute atomic E-state index is 0. The molecule has 7 heteroatoms. The van der Waals surface area contributed by atoms with Gasteiger partial charge in [-0.05, 0) is 37.1 Å². The highest BCUT2D eigenvalue weighted by molar-refractivity contribution is 5.85. The van der Waals surface area contributed by atoms with E-state index in [4.69, 9.17) is 0 Å². The lowest BCUT2D eigenvalue weighted by atomic mass is 9.76. The van der Waals surface area contributed by atoms with E-state index < -0.39 is 5.60 Å². The summed E-state index contributed by atoms with van der Waals surface area (Å²) in [6.45, 7) is 3.47. The van der Waals surface area contributed by atoms with E-state index >= 15 is 0 Å². The van der Waals surface area contributed by atoms with Gasteiger partial charge in [-0.3, -0.25) is 0 Å². The Morgan fingerprint density at radius 2 is 2.19 bits per heavy atom. The third-order valence-corrected chi connectivity index (χ3v) is 4.46. The highest BCUT2D eigenvalue weighted by atomic mass is 35.5. The molecule has 2 saturated heterocycles. The molecule has 21 heavy (non-hydrogen) atoms. The van der Waals surface area contributed by atoms with Crippen LogP contribution in [-0.2, 0) is 6.61 Å². The molecule has 2 aliphatic rings. The molecule has 120 valence electrons. The lowest BCUT2D eigenvalue weighted by Crippen LogP contribution is -2.59. The number of aliphatic hydroxyl groups is 2. The van der Waals surface area contributed by atoms with E-state index in [0.717, 1.165) is 50.4 Å². The number of fused-ring (bicyclic) bond motifs is 1. The van der Waals surface area contributed by atoms with Crippen molar-refractivity contribution in [1.29, 1.82) is 0 Å². The van der Waals surface area contributed by atoms with Gasteiger partial charge in [0.1, 0.15) is 5.82 Å². The molecule has 0 unspecified atom stereocenters. The van der Waals surface area contributed by atoms with Crippen molar-refractivity contribution in [2.24, 2.45) is 5.92 Å². The number of aromatic nitrogens is 1. The first kappa shape index (κ1) is 18.5. The van der Waals surface area contributed by atoms with Crippen LogP contribution in [0, 0.1) is 5.92 Å². The fraction of sp³-hybridized carbons (Fsp3) is 0.643. The predicted molar refractivity (Wildman–Crippen MR) is 87.4 cm³/mol. The van der Waals surface area contributed by atoms with Gasteiger partial charge in [-0.2, -0.15) is 0 Å². The molecule has 1 aromatic rings. The Morgan fingerprint density at radius 1 is 1.38 bits per heavy atom. The Hall–Kier alpha value is -0.590. The van der Waals surface area contributed by atoms with Crippen LogP contribution >= 0.6 is 24.8 Å². The molecule has 2 aliphatic heterocycles. The fourth-order valence-electron chi connectivity index (χ4n) is 3.16. The fourth-order valence-corrected chi connectivity index (χ4v) is 3.16. The molecule has 0 aromatic carbocycles. The van der Waals surface area contributed by atoms with E-state index in [-0.39, 0.29) is 37.3 Å². The number of aliphatic hydroxyl groups excluding tert-OH is 1. The Bertz CT molecular complexity index is 464. The maximum Gasteiger partial charge on any atom is 0.128 e. The minimum Gasteiger partial charge on any atom is -0.392 e. The first-order valence-electron chi connectivity index (χ1n) is 6.95. The zero-order chi connectivity index (χ0) is 13.3. The van der Waals surface area contributed by atoms with Crippen LogP contribution in [-0.4, -0.2) is 47.0 Å². The maximum absolute atomic E-state index is 10.6. The monoisotopic (exact) mass is 335 g/mol. The van der Waals surface area contributed by atoms with Crippen LogP contribution in [0.25, 0.3) is 0 Å². The van der Waals surface area contributed by atoms with Gasteiger partial charge < -0.3 is 20.4 Å². The van der Waals surface area contributed by atoms with Crippen LogP contribution in [0.3, 0.4) is 0 Å². The lowest BCUT2D eigenvalue weighted by Gasteiger charge is -2.47. The van der Waals surface area contributed by atoms with Gasteiger partial charge in [0.25, 0.3) is 0 Å². The number of nitrogens with one attached hydrogen (secondary N) is 1. The van der Waals surface area contributed by atoms with Crippen molar-refractivity contribution < 1.29 is 10.2 Å². The molecule has 0 amide bonds. The van der Waals surface area contributed by atoms with Gasteiger partial charge in [0.2, 0.25) is 0 Å². The van der Waals surface area contributed by atoms with E-state index in [9.17, 15) is 10.2 Å². The lowest BCUT2D eigenvalue weighted by molar-refractivity contribution is -0.0539. The predicted octanol–water partition coefficient (Wildman–Crippen LogP) is 0.968. The summed E-state index contributed by atoms with van der Waals surface area (Å²) in [6, 6.07) is 3.76. The number of piperidine rings is 2. The van der Waals surface area contributed by atoms with E-state index in [2.05, 4.69) is 15.2 Å². The molecule has 3 N–H and O–H groups in total. The van der Waals surface area contributed by atoms with Gasteiger partial charge in [-0.25, -0.2) is 4.98 Å². The van der Waals surface area contributed by atoms with Crippen LogP contribution in [0.5, 0.6) is 0 Å². The van der Waals surface area contributed by atoms with Crippen molar-refractivity contribution in [2.75, 3.05) is 31.1 Å². The smallest absolute Gasteiger partial charge is 0.128 e. The number of hydrogen-bond acceptors (Lipinski definition) is 5. The number of rotatable bonds is 2. The number of anilines is 1. The highest BCUT2D eigenvalue weighted by Crippen LogP contribution is 2.34. The zero-order valence-corrected chi connectivity index (χ0v) is 13.5. The van der Waals surface area contributed by atoms with E-state index in [1.807, 2.05) is 12.1 Å². The summed E-state index contributed by atoms with van der Waals surface area (Å²) in [5, 5.41) is 23.2. The molecule has 0 bridgehead atoms. The number of nitrogens with zero attached hydrogens (tertiary/aromatic N) is 2. The highest BCUT2D eigenvalue weighted by Gasteiger charge is 2.43. The van der Waals surface area contributed by atoms with Gasteiger partial charge in [0.05, 0.1) is 12.2 Å². The molecule has 0 radical (unpaired) electrons. The van der Waals surface area contributed by atoms with Crippen LogP contribution in [0.1, 0.15) is 18.4 Å². The summed E-state index contributed by atoms with van der Waals surface area (Å²) in [5.74, 6) is 1.16. The first-order valence-corrected chi connectivity index (χ1v) is 6.95. The van der Waals surface area contributed by atoms with Gasteiger partial charge in [-0.15, -0.1) is 24.8 Å². The second-order valence-electron chi connectivity index (χ2n) is 5.63. The third-order valence-electron chi connectivity index (χ3n) is 4.46. The summed E-state index contributed by atoms with van der Waals surface area (Å²) in [4.78, 5) is 6.60. The van der Waals surface area contributed by atoms with E-state index in [1.54, 1.807) is 6.20 Å². The molecule has 5 nitrogen and oxygen atoms in total. The first-order chi connectivity index (χ1) is 9.21. The largest absolute Gasteiger partial charge is 0.392 e. The quantitative estimate of drug-likeness (QED) is 0.751. The average Bonchev–Trinajstić information content (AvgIpc) is 2.46. The Balaban J connectivity index is 0.00000110. The second-order valence-corrected chi connectivity index (χ2v) is 5.63. The average molecular weight is 336 g/mol. The standard InChI is InChI=1S/C14H21N3O2.2ClH/c18-10-11-1-4-16-13(7-11)17-6-3-14(19)2-5-15-8-12(14)9-17;;/h1,4,7,12,15,18-19H,2-3,5-6,8-10H2;2*1H/t12-,14-;;/m0../s1.